The molecule has 2 saturated heterocycles. The van der Waals surface area contributed by atoms with E-state index in [4.69, 9.17) is 41.9 Å². The topological polar surface area (TPSA) is 283 Å². The second kappa shape index (κ2) is 11.0. The van der Waals surface area contributed by atoms with Gasteiger partial charge in [-0.15, -0.1) is 0 Å². The molecule has 1 saturated carbocycles. The molecule has 0 unspecified atom stereocenters. The summed E-state index contributed by atoms with van der Waals surface area (Å²) >= 11 is 0. The number of aliphatic hydroxyl groups excluding tert-OH is 7. The van der Waals surface area contributed by atoms with E-state index >= 15 is 0 Å². The van der Waals surface area contributed by atoms with Crippen LogP contribution in [0.3, 0.4) is 0 Å². The van der Waals surface area contributed by atoms with E-state index in [9.17, 15) is 35.7 Å². The van der Waals surface area contributed by atoms with Gasteiger partial charge in [0.2, 0.25) is 0 Å². The third-order valence-corrected chi connectivity index (χ3v) is 6.48. The lowest BCUT2D eigenvalue weighted by atomic mass is 9.84. The van der Waals surface area contributed by atoms with Crippen LogP contribution in [0.15, 0.2) is 0 Å². The molecule has 2 heterocycles. The molecule has 0 aromatic heterocycles. The lowest BCUT2D eigenvalue weighted by molar-refractivity contribution is -0.332. The summed E-state index contributed by atoms with van der Waals surface area (Å²) in [5.41, 5.74) is 23.5. The predicted molar refractivity (Wildman–Crippen MR) is 108 cm³/mol. The smallest absolute Gasteiger partial charge is 0.187 e. The molecule has 3 fully saturated rings. The highest BCUT2D eigenvalue weighted by molar-refractivity contribution is 5.01. The number of aliphatic hydroxyl groups is 7. The Morgan fingerprint density at radius 3 is 1.70 bits per heavy atom. The molecule has 15 N–H and O–H groups in total. The van der Waals surface area contributed by atoms with Gasteiger partial charge in [0.05, 0.1) is 12.6 Å². The molecule has 15 heteroatoms. The molecule has 15 nitrogen and oxygen atoms in total. The van der Waals surface area contributed by atoms with Crippen molar-refractivity contribution in [1.82, 2.24) is 0 Å². The second-order valence-corrected chi connectivity index (χ2v) is 8.79. The van der Waals surface area contributed by atoms with Gasteiger partial charge < -0.3 is 77.6 Å². The zero-order valence-corrected chi connectivity index (χ0v) is 17.9. The van der Waals surface area contributed by atoms with Crippen molar-refractivity contribution in [2.75, 3.05) is 13.2 Å². The maximum Gasteiger partial charge on any atom is 0.187 e. The molecule has 0 bridgehead atoms. The maximum atomic E-state index is 10.9. The number of hydrogen-bond donors (Lipinski definition) is 11. The van der Waals surface area contributed by atoms with Crippen molar-refractivity contribution in [3.8, 4) is 0 Å². The van der Waals surface area contributed by atoms with Crippen molar-refractivity contribution in [3.63, 3.8) is 0 Å². The zero-order valence-electron chi connectivity index (χ0n) is 17.9. The molecule has 0 aromatic rings. The quantitative estimate of drug-likeness (QED) is 0.167. The minimum absolute atomic E-state index is 0.0849. The van der Waals surface area contributed by atoms with Gasteiger partial charge in [-0.2, -0.15) is 0 Å². The molecule has 33 heavy (non-hydrogen) atoms. The lowest BCUT2D eigenvalue weighted by Gasteiger charge is -2.48. The molecule has 0 spiro atoms. The van der Waals surface area contributed by atoms with Gasteiger partial charge in [0.15, 0.2) is 12.6 Å². The summed E-state index contributed by atoms with van der Waals surface area (Å²) < 4.78 is 22.2. The van der Waals surface area contributed by atoms with Crippen LogP contribution in [0.1, 0.15) is 6.42 Å². The Labute approximate surface area is 189 Å². The van der Waals surface area contributed by atoms with E-state index in [0.29, 0.717) is 0 Å². The SMILES string of the molecule is NC[C@@H]1O[C@H](O[C@H]2[C@@H](O)[C@H](O[C@H]3O[C@@H](CO)[C@@H](O)[C@@H](N)[C@H]3O)[C@H](N)C[C@H]2N)[C@H](O)[C@H](O)[C@@H]1O. The molecule has 15 atom stereocenters. The van der Waals surface area contributed by atoms with Gasteiger partial charge in [-0.3, -0.25) is 0 Å². The average Bonchev–Trinajstić information content (AvgIpc) is 2.79. The van der Waals surface area contributed by atoms with E-state index in [0.717, 1.165) is 0 Å². The Balaban J connectivity index is 1.72. The van der Waals surface area contributed by atoms with Crippen LogP contribution in [0, 0.1) is 0 Å². The van der Waals surface area contributed by atoms with Crippen molar-refractivity contribution in [2.45, 2.75) is 98.2 Å². The summed E-state index contributed by atoms with van der Waals surface area (Å²) in [6.45, 7) is -0.763. The molecule has 0 aromatic carbocycles. The van der Waals surface area contributed by atoms with Crippen LogP contribution in [0.25, 0.3) is 0 Å². The van der Waals surface area contributed by atoms with Crippen molar-refractivity contribution in [2.24, 2.45) is 22.9 Å². The lowest BCUT2D eigenvalue weighted by Crippen LogP contribution is -2.68. The molecule has 2 aliphatic heterocycles. The second-order valence-electron chi connectivity index (χ2n) is 8.79. The van der Waals surface area contributed by atoms with Crippen LogP contribution >= 0.6 is 0 Å². The molecular weight excluding hydrogens is 448 g/mol. The van der Waals surface area contributed by atoms with Gasteiger partial charge in [0.25, 0.3) is 0 Å². The van der Waals surface area contributed by atoms with Crippen LogP contribution in [-0.4, -0.2) is 141 Å². The first kappa shape index (κ1) is 27.0. The van der Waals surface area contributed by atoms with Crippen LogP contribution in [0.4, 0.5) is 0 Å². The normalized spacial score (nSPS) is 53.7. The highest BCUT2D eigenvalue weighted by atomic mass is 16.7. The van der Waals surface area contributed by atoms with Gasteiger partial charge in [-0.05, 0) is 6.42 Å². The molecule has 3 rings (SSSR count). The monoisotopic (exact) mass is 484 g/mol. The Morgan fingerprint density at radius 2 is 1.18 bits per heavy atom. The fraction of sp³-hybridized carbons (Fsp3) is 1.00. The van der Waals surface area contributed by atoms with Crippen LogP contribution in [-0.2, 0) is 18.9 Å². The number of rotatable bonds is 6. The minimum Gasteiger partial charge on any atom is -0.394 e. The average molecular weight is 485 g/mol. The van der Waals surface area contributed by atoms with Crippen LogP contribution in [0.2, 0.25) is 0 Å². The van der Waals surface area contributed by atoms with E-state index in [1.54, 1.807) is 0 Å². The van der Waals surface area contributed by atoms with Crippen molar-refractivity contribution in [3.05, 3.63) is 0 Å². The Kier molecular flexibility index (Phi) is 8.99. The summed E-state index contributed by atoms with van der Waals surface area (Å²) in [7, 11) is 0. The van der Waals surface area contributed by atoms with Gasteiger partial charge in [0.1, 0.15) is 61.0 Å². The molecule has 0 amide bonds. The van der Waals surface area contributed by atoms with Crippen molar-refractivity contribution >= 4 is 0 Å². The zero-order chi connectivity index (χ0) is 24.6. The summed E-state index contributed by atoms with van der Waals surface area (Å²) in [5, 5.41) is 70.9. The van der Waals surface area contributed by atoms with E-state index in [1.807, 2.05) is 0 Å². The van der Waals surface area contributed by atoms with Gasteiger partial charge in [0, 0.05) is 18.6 Å². The molecule has 1 aliphatic carbocycles. The summed E-state index contributed by atoms with van der Waals surface area (Å²) in [4.78, 5) is 0. The van der Waals surface area contributed by atoms with E-state index in [-0.39, 0.29) is 13.0 Å². The largest absolute Gasteiger partial charge is 0.394 e. The van der Waals surface area contributed by atoms with Crippen LogP contribution in [0.5, 0.6) is 0 Å². The fourth-order valence-corrected chi connectivity index (χ4v) is 4.40. The molecular formula is C18H36N4O11. The Morgan fingerprint density at radius 1 is 0.667 bits per heavy atom. The number of ether oxygens (including phenoxy) is 4. The summed E-state index contributed by atoms with van der Waals surface area (Å²) in [6.07, 6.45) is -16.5. The van der Waals surface area contributed by atoms with Gasteiger partial charge in [-0.1, -0.05) is 0 Å². The van der Waals surface area contributed by atoms with Crippen molar-refractivity contribution in [1.29, 1.82) is 0 Å². The van der Waals surface area contributed by atoms with E-state index in [1.165, 1.54) is 0 Å². The maximum absolute atomic E-state index is 10.9. The van der Waals surface area contributed by atoms with Gasteiger partial charge in [-0.25, -0.2) is 0 Å². The number of hydrogen-bond acceptors (Lipinski definition) is 15. The fourth-order valence-electron chi connectivity index (χ4n) is 4.40. The Hall–Kier alpha value is -0.600. The Bertz CT molecular complexity index is 584. The summed E-state index contributed by atoms with van der Waals surface area (Å²) in [5.74, 6) is 0. The third-order valence-electron chi connectivity index (χ3n) is 6.48. The third kappa shape index (κ3) is 5.32. The first-order chi connectivity index (χ1) is 15.5. The highest BCUT2D eigenvalue weighted by Crippen LogP contribution is 2.31. The first-order valence-corrected chi connectivity index (χ1v) is 10.8. The van der Waals surface area contributed by atoms with Crippen molar-refractivity contribution < 1.29 is 54.7 Å². The van der Waals surface area contributed by atoms with Gasteiger partial charge >= 0.3 is 0 Å². The molecule has 3 aliphatic rings. The summed E-state index contributed by atoms with van der Waals surface area (Å²) in [6, 6.07) is -2.86. The standard InChI is InChI=1S/C18H36N4O11/c19-2-6-10(25)12(27)13(28)18(30-6)33-16-5(21)1-4(20)15(14(16)29)32-17-11(26)8(22)9(24)7(3-23)31-17/h4-18,23-29H,1-3,19-22H2/t4-,5-,6+,7+,8-,9-,10-,11-,12-,13-,14+,15-,16-,17-,18-/m1/s1. The molecule has 0 radical (unpaired) electrons. The first-order valence-electron chi connectivity index (χ1n) is 10.8. The number of nitrogens with two attached hydrogens (primary N) is 4. The predicted octanol–water partition coefficient (Wildman–Crippen LogP) is -7.29. The highest BCUT2D eigenvalue weighted by Gasteiger charge is 2.51. The molecule has 194 valence electrons. The van der Waals surface area contributed by atoms with E-state index < -0.39 is 98.4 Å². The van der Waals surface area contributed by atoms with E-state index in [2.05, 4.69) is 0 Å². The van der Waals surface area contributed by atoms with Crippen LogP contribution < -0.4 is 22.9 Å². The minimum atomic E-state index is -1.66.